The Hall–Kier alpha value is -2.08. The molecular weight excluding hydrogens is 318 g/mol. The summed E-state index contributed by atoms with van der Waals surface area (Å²) in [4.78, 5) is 11.9. The molecule has 0 aliphatic carbocycles. The third-order valence-electron chi connectivity index (χ3n) is 2.85. The van der Waals surface area contributed by atoms with Crippen molar-refractivity contribution < 1.29 is 19.0 Å². The van der Waals surface area contributed by atoms with Gasteiger partial charge in [-0.25, -0.2) is 0 Å². The van der Waals surface area contributed by atoms with Crippen molar-refractivity contribution in [1.29, 1.82) is 0 Å². The van der Waals surface area contributed by atoms with Gasteiger partial charge >= 0.3 is 0 Å². The monoisotopic (exact) mass is 335 g/mol. The Bertz CT molecular complexity index is 634. The first kappa shape index (κ1) is 17.3. The van der Waals surface area contributed by atoms with Gasteiger partial charge in [-0.1, -0.05) is 29.8 Å². The second-order valence-corrected chi connectivity index (χ2v) is 5.09. The van der Waals surface area contributed by atoms with Gasteiger partial charge in [0.05, 0.1) is 18.9 Å². The van der Waals surface area contributed by atoms with E-state index in [-0.39, 0.29) is 12.5 Å². The SMILES string of the molecule is COCCOCC(=O)Nc1cc(Cl)ccc1Oc1ccccc1. The van der Waals surface area contributed by atoms with Crippen LogP contribution in [0.2, 0.25) is 5.02 Å². The summed E-state index contributed by atoms with van der Waals surface area (Å²) in [7, 11) is 1.57. The van der Waals surface area contributed by atoms with Gasteiger partial charge in [0, 0.05) is 12.1 Å². The van der Waals surface area contributed by atoms with Crippen molar-refractivity contribution in [2.75, 3.05) is 32.2 Å². The molecule has 0 fully saturated rings. The van der Waals surface area contributed by atoms with Crippen molar-refractivity contribution in [3.05, 3.63) is 53.6 Å². The van der Waals surface area contributed by atoms with Gasteiger partial charge in [-0.3, -0.25) is 4.79 Å². The molecule has 2 aromatic carbocycles. The van der Waals surface area contributed by atoms with Gasteiger partial charge in [0.25, 0.3) is 0 Å². The zero-order valence-corrected chi connectivity index (χ0v) is 13.5. The molecule has 0 aliphatic heterocycles. The highest BCUT2D eigenvalue weighted by Gasteiger charge is 2.10. The summed E-state index contributed by atoms with van der Waals surface area (Å²) in [5.74, 6) is 0.883. The maximum absolute atomic E-state index is 11.9. The third kappa shape index (κ3) is 5.90. The number of hydrogen-bond donors (Lipinski definition) is 1. The van der Waals surface area contributed by atoms with Crippen molar-refractivity contribution in [3.8, 4) is 11.5 Å². The van der Waals surface area contributed by atoms with E-state index in [9.17, 15) is 4.79 Å². The Balaban J connectivity index is 2.02. The van der Waals surface area contributed by atoms with Crippen LogP contribution in [0, 0.1) is 0 Å². The first-order valence-electron chi connectivity index (χ1n) is 7.08. The topological polar surface area (TPSA) is 56.8 Å². The van der Waals surface area contributed by atoms with E-state index in [1.807, 2.05) is 30.3 Å². The van der Waals surface area contributed by atoms with Crippen molar-refractivity contribution in [2.45, 2.75) is 0 Å². The molecule has 0 radical (unpaired) electrons. The molecule has 0 atom stereocenters. The summed E-state index contributed by atoms with van der Waals surface area (Å²) >= 11 is 5.99. The van der Waals surface area contributed by atoms with Crippen LogP contribution >= 0.6 is 11.6 Å². The quantitative estimate of drug-likeness (QED) is 0.747. The lowest BCUT2D eigenvalue weighted by Crippen LogP contribution is -2.20. The molecule has 0 aliphatic rings. The molecule has 0 saturated carbocycles. The average molecular weight is 336 g/mol. The van der Waals surface area contributed by atoms with Crippen molar-refractivity contribution in [2.24, 2.45) is 0 Å². The summed E-state index contributed by atoms with van der Waals surface area (Å²) in [5.41, 5.74) is 0.488. The predicted octanol–water partition coefficient (Wildman–Crippen LogP) is 3.73. The Morgan fingerprint density at radius 1 is 1.13 bits per heavy atom. The maximum atomic E-state index is 11.9. The second-order valence-electron chi connectivity index (χ2n) is 4.65. The van der Waals surface area contributed by atoms with Crippen molar-refractivity contribution in [3.63, 3.8) is 0 Å². The minimum absolute atomic E-state index is 0.0688. The fraction of sp³-hybridized carbons (Fsp3) is 0.235. The molecule has 122 valence electrons. The van der Waals surface area contributed by atoms with E-state index in [0.29, 0.717) is 35.4 Å². The van der Waals surface area contributed by atoms with E-state index in [1.165, 1.54) is 0 Å². The molecule has 6 heteroatoms. The summed E-state index contributed by atoms with van der Waals surface area (Å²) < 4.78 is 15.8. The third-order valence-corrected chi connectivity index (χ3v) is 3.09. The summed E-state index contributed by atoms with van der Waals surface area (Å²) in [6, 6.07) is 14.3. The fourth-order valence-electron chi connectivity index (χ4n) is 1.80. The van der Waals surface area contributed by atoms with Gasteiger partial charge in [0.1, 0.15) is 12.4 Å². The van der Waals surface area contributed by atoms with Crippen LogP contribution in [-0.4, -0.2) is 32.8 Å². The normalized spacial score (nSPS) is 10.3. The Morgan fingerprint density at radius 2 is 1.91 bits per heavy atom. The van der Waals surface area contributed by atoms with Crippen LogP contribution in [0.15, 0.2) is 48.5 Å². The standard InChI is InChI=1S/C17H18ClNO4/c1-21-9-10-22-12-17(20)19-15-11-13(18)7-8-16(15)23-14-5-3-2-4-6-14/h2-8,11H,9-10,12H2,1H3,(H,19,20). The Labute approximate surface area is 140 Å². The maximum Gasteiger partial charge on any atom is 0.250 e. The lowest BCUT2D eigenvalue weighted by Gasteiger charge is -2.13. The highest BCUT2D eigenvalue weighted by molar-refractivity contribution is 6.31. The second kappa shape index (κ2) is 9.15. The molecule has 23 heavy (non-hydrogen) atoms. The van der Waals surface area contributed by atoms with Crippen molar-refractivity contribution in [1.82, 2.24) is 0 Å². The number of amides is 1. The van der Waals surface area contributed by atoms with Crippen LogP contribution in [-0.2, 0) is 14.3 Å². The molecule has 1 amide bonds. The molecule has 0 unspecified atom stereocenters. The number of halogens is 1. The molecule has 0 saturated heterocycles. The van der Waals surface area contributed by atoms with Gasteiger partial charge < -0.3 is 19.5 Å². The molecule has 2 rings (SSSR count). The van der Waals surface area contributed by atoms with Gasteiger partial charge in [0.15, 0.2) is 5.75 Å². The van der Waals surface area contributed by atoms with Crippen molar-refractivity contribution >= 4 is 23.2 Å². The number of rotatable bonds is 8. The fourth-order valence-corrected chi connectivity index (χ4v) is 1.97. The van der Waals surface area contributed by atoms with Gasteiger partial charge in [-0.2, -0.15) is 0 Å². The lowest BCUT2D eigenvalue weighted by molar-refractivity contribution is -0.121. The first-order chi connectivity index (χ1) is 11.2. The summed E-state index contributed by atoms with van der Waals surface area (Å²) in [5, 5.41) is 3.24. The average Bonchev–Trinajstić information content (AvgIpc) is 2.55. The minimum Gasteiger partial charge on any atom is -0.455 e. The Morgan fingerprint density at radius 3 is 2.65 bits per heavy atom. The van der Waals surface area contributed by atoms with Crippen LogP contribution in [0.4, 0.5) is 5.69 Å². The Kier molecular flexibility index (Phi) is 6.87. The lowest BCUT2D eigenvalue weighted by atomic mass is 10.2. The number of benzene rings is 2. The molecule has 0 heterocycles. The zero-order valence-electron chi connectivity index (χ0n) is 12.8. The van der Waals surface area contributed by atoms with Gasteiger partial charge in [0.2, 0.25) is 5.91 Å². The van der Waals surface area contributed by atoms with E-state index in [2.05, 4.69) is 5.32 Å². The van der Waals surface area contributed by atoms with Crippen LogP contribution < -0.4 is 10.1 Å². The number of ether oxygens (including phenoxy) is 3. The number of nitrogens with one attached hydrogen (secondary N) is 1. The van der Waals surface area contributed by atoms with E-state index in [4.69, 9.17) is 25.8 Å². The molecule has 0 aromatic heterocycles. The number of carbonyl (C=O) groups is 1. The number of hydrogen-bond acceptors (Lipinski definition) is 4. The number of anilines is 1. The molecular formula is C17H18ClNO4. The minimum atomic E-state index is -0.290. The number of para-hydroxylation sites is 1. The largest absolute Gasteiger partial charge is 0.455 e. The summed E-state index contributed by atoms with van der Waals surface area (Å²) in [6.45, 7) is 0.723. The highest BCUT2D eigenvalue weighted by atomic mass is 35.5. The van der Waals surface area contributed by atoms with Crippen LogP contribution in [0.5, 0.6) is 11.5 Å². The number of carbonyl (C=O) groups excluding carboxylic acids is 1. The van der Waals surface area contributed by atoms with Gasteiger partial charge in [-0.05, 0) is 30.3 Å². The zero-order chi connectivity index (χ0) is 16.5. The predicted molar refractivity (Wildman–Crippen MR) is 89.3 cm³/mol. The summed E-state index contributed by atoms with van der Waals surface area (Å²) in [6.07, 6.45) is 0. The van der Waals surface area contributed by atoms with Crippen LogP contribution in [0.1, 0.15) is 0 Å². The van der Waals surface area contributed by atoms with E-state index in [0.717, 1.165) is 0 Å². The van der Waals surface area contributed by atoms with Crippen LogP contribution in [0.25, 0.3) is 0 Å². The van der Waals surface area contributed by atoms with Crippen LogP contribution in [0.3, 0.4) is 0 Å². The molecule has 2 aromatic rings. The highest BCUT2D eigenvalue weighted by Crippen LogP contribution is 2.31. The first-order valence-corrected chi connectivity index (χ1v) is 7.46. The molecule has 1 N–H and O–H groups in total. The number of methoxy groups -OCH3 is 1. The molecule has 5 nitrogen and oxygen atoms in total. The van der Waals surface area contributed by atoms with Gasteiger partial charge in [-0.15, -0.1) is 0 Å². The smallest absolute Gasteiger partial charge is 0.250 e. The van der Waals surface area contributed by atoms with E-state index < -0.39 is 0 Å². The van der Waals surface area contributed by atoms with E-state index >= 15 is 0 Å². The molecule has 0 bridgehead atoms. The van der Waals surface area contributed by atoms with E-state index in [1.54, 1.807) is 25.3 Å². The molecule has 0 spiro atoms.